The van der Waals surface area contributed by atoms with Crippen LogP contribution in [-0.2, 0) is 0 Å². The van der Waals surface area contributed by atoms with Crippen LogP contribution in [0.3, 0.4) is 0 Å². The minimum Gasteiger partial charge on any atom is -0.392 e. The van der Waals surface area contributed by atoms with Crippen LogP contribution in [0.5, 0.6) is 0 Å². The minimum atomic E-state index is -0.289. The number of nitrogens with one attached hydrogen (secondary N) is 1. The van der Waals surface area contributed by atoms with Crippen LogP contribution in [-0.4, -0.2) is 17.8 Å². The molecule has 0 bridgehead atoms. The topological polar surface area (TPSA) is 32.3 Å². The summed E-state index contributed by atoms with van der Waals surface area (Å²) in [5, 5.41) is 11.7. The van der Waals surface area contributed by atoms with Crippen LogP contribution in [0.4, 0.5) is 0 Å². The summed E-state index contributed by atoms with van der Waals surface area (Å²) in [6.07, 6.45) is 6.73. The Morgan fingerprint density at radius 3 is 2.90 bits per heavy atom. The van der Waals surface area contributed by atoms with E-state index in [0.29, 0.717) is 6.54 Å². The van der Waals surface area contributed by atoms with Crippen LogP contribution in [0.25, 0.3) is 0 Å². The third-order valence-electron chi connectivity index (χ3n) is 1.03. The van der Waals surface area contributed by atoms with E-state index in [1.807, 2.05) is 6.08 Å². The van der Waals surface area contributed by atoms with Crippen molar-refractivity contribution in [2.75, 3.05) is 6.54 Å². The molecule has 0 spiro atoms. The summed E-state index contributed by atoms with van der Waals surface area (Å²) in [6, 6.07) is 0. The fourth-order valence-electron chi connectivity index (χ4n) is 0.495. The van der Waals surface area contributed by atoms with E-state index < -0.39 is 0 Å². The normalized spacial score (nSPS) is 13.9. The molecule has 0 heterocycles. The van der Waals surface area contributed by atoms with Gasteiger partial charge < -0.3 is 10.4 Å². The monoisotopic (exact) mass is 142 g/mol. The van der Waals surface area contributed by atoms with Crippen molar-refractivity contribution < 1.29 is 5.11 Å². The molecule has 0 amide bonds. The number of rotatable bonds is 5. The number of aliphatic hydroxyl groups is 1. The molecule has 2 nitrogen and oxygen atoms in total. The highest BCUT2D eigenvalue weighted by atomic mass is 16.3. The number of allylic oxidation sites excluding steroid dienone is 1. The van der Waals surface area contributed by atoms with Crippen LogP contribution in [0.1, 0.15) is 26.7 Å². The maximum absolute atomic E-state index is 8.79. The first-order valence-corrected chi connectivity index (χ1v) is 3.75. The van der Waals surface area contributed by atoms with Gasteiger partial charge in [0.15, 0.2) is 0 Å². The lowest BCUT2D eigenvalue weighted by Crippen LogP contribution is -2.19. The van der Waals surface area contributed by atoms with Gasteiger partial charge in [-0.15, -0.1) is 0 Å². The molecule has 10 heavy (non-hydrogen) atoms. The first-order valence-electron chi connectivity index (χ1n) is 3.75. The van der Waals surface area contributed by atoms with Crippen LogP contribution < -0.4 is 5.32 Å². The molecule has 1 radical (unpaired) electrons. The highest BCUT2D eigenvalue weighted by molar-refractivity contribution is 4.71. The zero-order valence-electron chi connectivity index (χ0n) is 6.72. The second-order valence-corrected chi connectivity index (χ2v) is 2.37. The van der Waals surface area contributed by atoms with Crippen LogP contribution in [0.2, 0.25) is 0 Å². The van der Waals surface area contributed by atoms with E-state index in [0.717, 1.165) is 12.8 Å². The predicted octanol–water partition coefficient (Wildman–Crippen LogP) is 1.07. The molecular formula is C8H16NO. The van der Waals surface area contributed by atoms with Gasteiger partial charge in [-0.25, -0.2) is 0 Å². The molecule has 0 aliphatic rings. The van der Waals surface area contributed by atoms with Gasteiger partial charge in [-0.2, -0.15) is 0 Å². The Morgan fingerprint density at radius 1 is 1.70 bits per heavy atom. The van der Waals surface area contributed by atoms with Gasteiger partial charge in [0.05, 0.1) is 12.3 Å². The molecule has 0 unspecified atom stereocenters. The summed E-state index contributed by atoms with van der Waals surface area (Å²) in [4.78, 5) is 0. The van der Waals surface area contributed by atoms with Crippen LogP contribution in [0, 0.1) is 6.20 Å². The summed E-state index contributed by atoms with van der Waals surface area (Å²) in [7, 11) is 0. The number of hydrogen-bond acceptors (Lipinski definition) is 2. The largest absolute Gasteiger partial charge is 0.392 e. The predicted molar refractivity (Wildman–Crippen MR) is 42.4 cm³/mol. The Bertz CT molecular complexity index is 89.3. The minimum absolute atomic E-state index is 0.289. The van der Waals surface area contributed by atoms with Crippen LogP contribution >= 0.6 is 0 Å². The molecule has 0 fully saturated rings. The molecule has 0 saturated carbocycles. The molecule has 0 rings (SSSR count). The van der Waals surface area contributed by atoms with E-state index in [-0.39, 0.29) is 6.10 Å². The van der Waals surface area contributed by atoms with Crippen molar-refractivity contribution in [3.8, 4) is 0 Å². The lowest BCUT2D eigenvalue weighted by molar-refractivity contribution is 0.195. The molecule has 1 atom stereocenters. The summed E-state index contributed by atoms with van der Waals surface area (Å²) in [5.74, 6) is 0. The summed E-state index contributed by atoms with van der Waals surface area (Å²) >= 11 is 0. The van der Waals surface area contributed by atoms with Gasteiger partial charge in [-0.1, -0.05) is 19.4 Å². The van der Waals surface area contributed by atoms with Crippen molar-refractivity contribution in [1.82, 2.24) is 5.32 Å². The van der Waals surface area contributed by atoms with Crippen molar-refractivity contribution in [2.45, 2.75) is 32.8 Å². The Hall–Kier alpha value is -0.500. The van der Waals surface area contributed by atoms with E-state index in [1.165, 1.54) is 0 Å². The molecule has 0 aromatic heterocycles. The molecular weight excluding hydrogens is 126 g/mol. The maximum atomic E-state index is 8.79. The SMILES string of the molecule is CCC/C=[C]/NC[C@@H](C)O. The van der Waals surface area contributed by atoms with Crippen molar-refractivity contribution in [1.29, 1.82) is 0 Å². The second kappa shape index (κ2) is 6.62. The lowest BCUT2D eigenvalue weighted by Gasteiger charge is -2.00. The zero-order chi connectivity index (χ0) is 7.82. The number of hydrogen-bond donors (Lipinski definition) is 2. The van der Waals surface area contributed by atoms with E-state index in [4.69, 9.17) is 5.11 Å². The highest BCUT2D eigenvalue weighted by Gasteiger charge is 1.88. The molecule has 0 aliphatic carbocycles. The lowest BCUT2D eigenvalue weighted by atomic mass is 10.3. The van der Waals surface area contributed by atoms with Gasteiger partial charge in [-0.05, 0) is 13.3 Å². The molecule has 59 valence electrons. The summed E-state index contributed by atoms with van der Waals surface area (Å²) in [5.41, 5.74) is 0. The van der Waals surface area contributed by atoms with E-state index in [1.54, 1.807) is 6.92 Å². The van der Waals surface area contributed by atoms with Gasteiger partial charge in [0.1, 0.15) is 0 Å². The third kappa shape index (κ3) is 7.50. The van der Waals surface area contributed by atoms with Gasteiger partial charge in [-0.3, -0.25) is 0 Å². The van der Waals surface area contributed by atoms with Gasteiger partial charge in [0, 0.05) is 6.54 Å². The first kappa shape index (κ1) is 9.50. The fraction of sp³-hybridized carbons (Fsp3) is 0.750. The van der Waals surface area contributed by atoms with E-state index >= 15 is 0 Å². The molecule has 0 aromatic rings. The Morgan fingerprint density at radius 2 is 2.40 bits per heavy atom. The van der Waals surface area contributed by atoms with Gasteiger partial charge in [0.2, 0.25) is 0 Å². The second-order valence-electron chi connectivity index (χ2n) is 2.37. The zero-order valence-corrected chi connectivity index (χ0v) is 6.72. The Labute approximate surface area is 62.9 Å². The maximum Gasteiger partial charge on any atom is 0.0684 e. The number of aliphatic hydroxyl groups excluding tert-OH is 1. The summed E-state index contributed by atoms with van der Waals surface area (Å²) in [6.45, 7) is 4.45. The van der Waals surface area contributed by atoms with Crippen molar-refractivity contribution >= 4 is 0 Å². The highest BCUT2D eigenvalue weighted by Crippen LogP contribution is 1.85. The summed E-state index contributed by atoms with van der Waals surface area (Å²) < 4.78 is 0. The van der Waals surface area contributed by atoms with E-state index in [9.17, 15) is 0 Å². The quantitative estimate of drug-likeness (QED) is 0.563. The standard InChI is InChI=1S/C8H16NO/c1-3-4-5-6-9-7-8(2)10/h5,8-10H,3-4,7H2,1-2H3/t8-/m1/s1. The van der Waals surface area contributed by atoms with Gasteiger partial charge in [0.25, 0.3) is 0 Å². The van der Waals surface area contributed by atoms with Crippen LogP contribution in [0.15, 0.2) is 6.08 Å². The molecule has 2 N–H and O–H groups in total. The van der Waals surface area contributed by atoms with Crippen molar-refractivity contribution in [3.05, 3.63) is 12.3 Å². The Balaban J connectivity index is 3.02. The smallest absolute Gasteiger partial charge is 0.0684 e. The first-order chi connectivity index (χ1) is 4.77. The molecule has 0 aliphatic heterocycles. The fourth-order valence-corrected chi connectivity index (χ4v) is 0.495. The van der Waals surface area contributed by atoms with E-state index in [2.05, 4.69) is 18.4 Å². The Kier molecular flexibility index (Phi) is 6.29. The third-order valence-corrected chi connectivity index (χ3v) is 1.03. The molecule has 0 aromatic carbocycles. The number of unbranched alkanes of at least 4 members (excludes halogenated alkanes) is 1. The average Bonchev–Trinajstić information content (AvgIpc) is 1.87. The van der Waals surface area contributed by atoms with Crippen molar-refractivity contribution in [3.63, 3.8) is 0 Å². The van der Waals surface area contributed by atoms with Gasteiger partial charge >= 0.3 is 0 Å². The van der Waals surface area contributed by atoms with Crippen molar-refractivity contribution in [2.24, 2.45) is 0 Å². The average molecular weight is 142 g/mol. The molecule has 2 heteroatoms. The molecule has 0 saturated heterocycles.